The van der Waals surface area contributed by atoms with Crippen molar-refractivity contribution < 1.29 is 14.6 Å². The van der Waals surface area contributed by atoms with Crippen molar-refractivity contribution in [3.8, 4) is 5.75 Å². The molecule has 1 spiro atoms. The second-order valence-electron chi connectivity index (χ2n) is 11.0. The van der Waals surface area contributed by atoms with Crippen LogP contribution in [0.4, 0.5) is 0 Å². The van der Waals surface area contributed by atoms with E-state index < -0.39 is 0 Å². The normalized spacial score (nSPS) is 21.6. The summed E-state index contributed by atoms with van der Waals surface area (Å²) in [6, 6.07) is 11.6. The number of aromatic nitrogens is 2. The van der Waals surface area contributed by atoms with E-state index in [-0.39, 0.29) is 30.4 Å². The van der Waals surface area contributed by atoms with Crippen LogP contribution < -0.4 is 4.74 Å². The molecule has 190 valence electrons. The van der Waals surface area contributed by atoms with Gasteiger partial charge in [-0.15, -0.1) is 0 Å². The lowest BCUT2D eigenvalue weighted by Crippen LogP contribution is -2.67. The smallest absolute Gasteiger partial charge is 0.229 e. The maximum Gasteiger partial charge on any atom is 0.229 e. The molecule has 1 aliphatic carbocycles. The molecule has 0 bridgehead atoms. The average molecular weight is 489 g/mol. The van der Waals surface area contributed by atoms with Gasteiger partial charge in [-0.3, -0.25) is 9.78 Å². The minimum Gasteiger partial charge on any atom is -0.497 e. The highest BCUT2D eigenvalue weighted by Crippen LogP contribution is 2.50. The van der Waals surface area contributed by atoms with Crippen molar-refractivity contribution in [2.75, 3.05) is 39.9 Å². The minimum absolute atomic E-state index is 0.0230. The fourth-order valence-electron chi connectivity index (χ4n) is 7.13. The Morgan fingerprint density at radius 2 is 1.97 bits per heavy atom. The number of nitrogens with zero attached hydrogens (tertiary/aromatic N) is 4. The number of aliphatic hydroxyl groups is 1. The number of methoxy groups -OCH3 is 1. The third-order valence-electron chi connectivity index (χ3n) is 8.74. The van der Waals surface area contributed by atoms with Crippen molar-refractivity contribution in [1.29, 1.82) is 0 Å². The van der Waals surface area contributed by atoms with Crippen molar-refractivity contribution in [3.05, 3.63) is 59.5 Å². The van der Waals surface area contributed by atoms with Crippen molar-refractivity contribution in [2.24, 2.45) is 13.0 Å². The van der Waals surface area contributed by atoms with Crippen LogP contribution in [0.1, 0.15) is 48.7 Å². The summed E-state index contributed by atoms with van der Waals surface area (Å²) < 4.78 is 7.71. The van der Waals surface area contributed by atoms with E-state index in [1.165, 1.54) is 36.6 Å². The average Bonchev–Trinajstić information content (AvgIpc) is 3.50. The molecule has 2 aromatic heterocycles. The van der Waals surface area contributed by atoms with Crippen LogP contribution in [0.5, 0.6) is 5.75 Å². The molecule has 2 fully saturated rings. The molecule has 7 nitrogen and oxygen atoms in total. The number of rotatable bonds is 6. The van der Waals surface area contributed by atoms with Gasteiger partial charge in [0.25, 0.3) is 0 Å². The molecule has 4 heterocycles. The van der Waals surface area contributed by atoms with Crippen LogP contribution in [0, 0.1) is 5.92 Å². The lowest BCUT2D eigenvalue weighted by molar-refractivity contribution is -0.138. The van der Waals surface area contributed by atoms with Gasteiger partial charge in [0, 0.05) is 67.7 Å². The van der Waals surface area contributed by atoms with Gasteiger partial charge in [-0.2, -0.15) is 0 Å². The van der Waals surface area contributed by atoms with Gasteiger partial charge in [-0.05, 0) is 48.6 Å². The van der Waals surface area contributed by atoms with E-state index in [1.807, 2.05) is 29.2 Å². The molecule has 1 atom stereocenters. The summed E-state index contributed by atoms with van der Waals surface area (Å²) in [4.78, 5) is 22.6. The topological polar surface area (TPSA) is 70.8 Å². The van der Waals surface area contributed by atoms with Gasteiger partial charge in [0.2, 0.25) is 5.91 Å². The van der Waals surface area contributed by atoms with Gasteiger partial charge in [0.15, 0.2) is 0 Å². The third kappa shape index (κ3) is 3.80. The van der Waals surface area contributed by atoms with Crippen molar-refractivity contribution in [3.63, 3.8) is 0 Å². The molecular weight excluding hydrogens is 452 g/mol. The molecule has 2 aliphatic heterocycles. The van der Waals surface area contributed by atoms with Crippen molar-refractivity contribution in [1.82, 2.24) is 19.4 Å². The molecule has 7 heteroatoms. The highest BCUT2D eigenvalue weighted by atomic mass is 16.5. The summed E-state index contributed by atoms with van der Waals surface area (Å²) in [6.45, 7) is 3.58. The molecule has 1 N–H and O–H groups in total. The molecule has 1 saturated heterocycles. The third-order valence-corrected chi connectivity index (χ3v) is 8.74. The Bertz CT molecular complexity index is 1260. The molecule has 0 radical (unpaired) electrons. The largest absolute Gasteiger partial charge is 0.497 e. The van der Waals surface area contributed by atoms with Crippen molar-refractivity contribution >= 4 is 16.8 Å². The first-order valence-corrected chi connectivity index (χ1v) is 13.2. The van der Waals surface area contributed by atoms with E-state index in [1.54, 1.807) is 13.3 Å². The molecular formula is C29H36N4O3. The Hall–Kier alpha value is -2.90. The Morgan fingerprint density at radius 1 is 1.17 bits per heavy atom. The number of aryl methyl sites for hydroxylation is 1. The second kappa shape index (κ2) is 9.20. The Morgan fingerprint density at radius 3 is 2.67 bits per heavy atom. The first kappa shape index (κ1) is 23.5. The number of likely N-dealkylation sites (tertiary alicyclic amines) is 1. The molecule has 0 unspecified atom stereocenters. The van der Waals surface area contributed by atoms with Gasteiger partial charge in [0.05, 0.1) is 31.7 Å². The number of hydrogen-bond acceptors (Lipinski definition) is 5. The van der Waals surface area contributed by atoms with Crippen LogP contribution in [-0.4, -0.2) is 70.3 Å². The van der Waals surface area contributed by atoms with Crippen LogP contribution in [0.2, 0.25) is 0 Å². The number of carbonyl (C=O) groups is 1. The number of carbonyl (C=O) groups excluding carboxylic acids is 1. The molecule has 3 aromatic rings. The zero-order chi connectivity index (χ0) is 24.9. The summed E-state index contributed by atoms with van der Waals surface area (Å²) in [5.41, 5.74) is 4.09. The lowest BCUT2D eigenvalue weighted by Gasteiger charge is -2.57. The maximum absolute atomic E-state index is 13.7. The van der Waals surface area contributed by atoms with Crippen LogP contribution >= 0.6 is 0 Å². The summed E-state index contributed by atoms with van der Waals surface area (Å²) >= 11 is 0. The molecule has 1 saturated carbocycles. The first-order chi connectivity index (χ1) is 17.5. The Balaban J connectivity index is 1.40. The standard InChI is InChI=1S/C29H36N4O3/c1-31-24-14-22(36-2)10-11-23(24)27-28(31)25(16-34)33(26(35)13-21-9-5-6-12-30-21)19-29(27)17-32(18-29)15-20-7-3-4-8-20/h5-6,9-12,14,20,25,34H,3-4,7-8,13,15-19H2,1-2H3/t25-/m1/s1. The van der Waals surface area contributed by atoms with Gasteiger partial charge >= 0.3 is 0 Å². The minimum atomic E-state index is -0.380. The van der Waals surface area contributed by atoms with E-state index in [4.69, 9.17) is 4.74 Å². The van der Waals surface area contributed by atoms with E-state index in [9.17, 15) is 9.90 Å². The Kier molecular flexibility index (Phi) is 6.00. The number of pyridine rings is 1. The zero-order valence-corrected chi connectivity index (χ0v) is 21.3. The van der Waals surface area contributed by atoms with Gasteiger partial charge in [0.1, 0.15) is 5.75 Å². The van der Waals surface area contributed by atoms with Gasteiger partial charge in [-0.25, -0.2) is 0 Å². The van der Waals surface area contributed by atoms with E-state index in [2.05, 4.69) is 33.6 Å². The highest BCUT2D eigenvalue weighted by molar-refractivity contribution is 5.90. The lowest BCUT2D eigenvalue weighted by atomic mass is 9.68. The zero-order valence-electron chi connectivity index (χ0n) is 21.3. The predicted octanol–water partition coefficient (Wildman–Crippen LogP) is 3.44. The Labute approximate surface area is 212 Å². The van der Waals surface area contributed by atoms with E-state index in [0.29, 0.717) is 6.54 Å². The number of benzene rings is 1. The van der Waals surface area contributed by atoms with Crippen LogP contribution in [0.25, 0.3) is 10.9 Å². The number of amides is 1. The van der Waals surface area contributed by atoms with E-state index in [0.717, 1.165) is 48.2 Å². The van der Waals surface area contributed by atoms with Gasteiger partial charge < -0.3 is 24.2 Å². The molecule has 36 heavy (non-hydrogen) atoms. The predicted molar refractivity (Wildman–Crippen MR) is 139 cm³/mol. The van der Waals surface area contributed by atoms with E-state index >= 15 is 0 Å². The summed E-state index contributed by atoms with van der Waals surface area (Å²) in [7, 11) is 3.74. The quantitative estimate of drug-likeness (QED) is 0.576. The molecule has 6 rings (SSSR count). The molecule has 1 amide bonds. The highest BCUT2D eigenvalue weighted by Gasteiger charge is 2.54. The van der Waals surface area contributed by atoms with Crippen LogP contribution in [-0.2, 0) is 23.7 Å². The fraction of sp³-hybridized carbons (Fsp3) is 0.517. The molecule has 3 aliphatic rings. The SMILES string of the molecule is COc1ccc2c3c(n(C)c2c1)[C@@H](CO)N(C(=O)Cc1ccccn1)CC31CN(CC2CCCC2)C1. The number of aliphatic hydroxyl groups excluding tert-OH is 1. The van der Waals surface area contributed by atoms with Crippen LogP contribution in [0.3, 0.4) is 0 Å². The monoisotopic (exact) mass is 488 g/mol. The molecule has 1 aromatic carbocycles. The second-order valence-corrected chi connectivity index (χ2v) is 11.0. The summed E-state index contributed by atoms with van der Waals surface area (Å²) in [5.74, 6) is 1.64. The maximum atomic E-state index is 13.7. The fourth-order valence-corrected chi connectivity index (χ4v) is 7.13. The number of hydrogen-bond donors (Lipinski definition) is 1. The van der Waals surface area contributed by atoms with Crippen LogP contribution in [0.15, 0.2) is 42.6 Å². The summed E-state index contributed by atoms with van der Waals surface area (Å²) in [6.07, 6.45) is 7.35. The number of fused-ring (bicyclic) bond motifs is 4. The first-order valence-electron chi connectivity index (χ1n) is 13.2. The van der Waals surface area contributed by atoms with Gasteiger partial charge in [-0.1, -0.05) is 18.9 Å². The summed E-state index contributed by atoms with van der Waals surface area (Å²) in [5, 5.41) is 11.8. The van der Waals surface area contributed by atoms with Crippen molar-refractivity contribution in [2.45, 2.75) is 43.6 Å². The number of ether oxygens (including phenoxy) is 1.